The Morgan fingerprint density at radius 3 is 2.46 bits per heavy atom. The lowest BCUT2D eigenvalue weighted by molar-refractivity contribution is -0.124. The number of hydrogen-bond acceptors (Lipinski definition) is 6. The Morgan fingerprint density at radius 2 is 1.89 bits per heavy atom. The van der Waals surface area contributed by atoms with Crippen LogP contribution >= 0.6 is 11.3 Å². The van der Waals surface area contributed by atoms with Crippen molar-refractivity contribution in [2.24, 2.45) is 0 Å². The van der Waals surface area contributed by atoms with Crippen molar-refractivity contribution in [3.63, 3.8) is 0 Å². The van der Waals surface area contributed by atoms with Crippen molar-refractivity contribution in [1.29, 1.82) is 0 Å². The maximum atomic E-state index is 12.9. The van der Waals surface area contributed by atoms with Crippen molar-refractivity contribution >= 4 is 27.3 Å². The summed E-state index contributed by atoms with van der Waals surface area (Å²) in [4.78, 5) is 13.7. The number of hydrogen-bond donors (Lipinski definition) is 1. The van der Waals surface area contributed by atoms with Crippen LogP contribution in [0, 0.1) is 6.92 Å². The van der Waals surface area contributed by atoms with Crippen molar-refractivity contribution in [2.75, 3.05) is 20.8 Å². The van der Waals surface area contributed by atoms with E-state index in [1.807, 2.05) is 6.92 Å². The van der Waals surface area contributed by atoms with Gasteiger partial charge in [-0.05, 0) is 49.6 Å². The number of aryl methyl sites for hydroxylation is 1. The van der Waals surface area contributed by atoms with E-state index in [9.17, 15) is 13.2 Å². The second kappa shape index (κ2) is 8.50. The molecule has 7 nitrogen and oxygen atoms in total. The zero-order valence-corrected chi connectivity index (χ0v) is 17.7. The van der Waals surface area contributed by atoms with Crippen molar-refractivity contribution in [3.8, 4) is 11.5 Å². The molecule has 1 aromatic heterocycles. The van der Waals surface area contributed by atoms with Crippen LogP contribution in [0.4, 0.5) is 0 Å². The molecule has 1 aliphatic heterocycles. The van der Waals surface area contributed by atoms with Crippen LogP contribution in [-0.2, 0) is 21.4 Å². The number of nitrogens with one attached hydrogen (secondary N) is 1. The number of ether oxygens (including phenoxy) is 2. The lowest BCUT2D eigenvalue weighted by Gasteiger charge is -2.22. The zero-order valence-electron chi connectivity index (χ0n) is 16.1. The molecular weight excluding hydrogens is 400 g/mol. The summed E-state index contributed by atoms with van der Waals surface area (Å²) in [6, 6.07) is 8.05. The standard InChI is InChI=1S/C19H24N2O5S2/c1-13-6-7-18(27-13)28(23,24)21-8-4-5-17(21)19(22)20-12-14-9-15(25-2)11-16(10-14)26-3/h6-7,9-11,17H,4-5,8,12H2,1-3H3,(H,20,22)/t17-/m1/s1. The molecule has 0 aliphatic carbocycles. The van der Waals surface area contributed by atoms with Crippen LogP contribution in [-0.4, -0.2) is 45.4 Å². The molecule has 1 aromatic carbocycles. The first-order chi connectivity index (χ1) is 13.3. The van der Waals surface area contributed by atoms with Gasteiger partial charge in [0.05, 0.1) is 14.2 Å². The summed E-state index contributed by atoms with van der Waals surface area (Å²) in [6.45, 7) is 2.47. The predicted molar refractivity (Wildman–Crippen MR) is 107 cm³/mol. The number of carbonyl (C=O) groups is 1. The average Bonchev–Trinajstić information content (AvgIpc) is 3.35. The average molecular weight is 425 g/mol. The highest BCUT2D eigenvalue weighted by atomic mass is 32.2. The summed E-state index contributed by atoms with van der Waals surface area (Å²) in [5.41, 5.74) is 0.811. The van der Waals surface area contributed by atoms with Crippen molar-refractivity contribution in [3.05, 3.63) is 40.8 Å². The molecule has 0 spiro atoms. The Bertz CT molecular complexity index is 933. The molecular formula is C19H24N2O5S2. The minimum Gasteiger partial charge on any atom is -0.497 e. The number of rotatable bonds is 7. The Kier molecular flexibility index (Phi) is 6.26. The number of thiophene rings is 1. The summed E-state index contributed by atoms with van der Waals surface area (Å²) in [5, 5.41) is 2.85. The van der Waals surface area contributed by atoms with E-state index in [0.29, 0.717) is 30.9 Å². The Hall–Kier alpha value is -2.10. The van der Waals surface area contributed by atoms with Gasteiger partial charge in [0.2, 0.25) is 5.91 Å². The van der Waals surface area contributed by atoms with Crippen molar-refractivity contribution in [1.82, 2.24) is 9.62 Å². The molecule has 2 heterocycles. The molecule has 2 aromatic rings. The van der Waals surface area contributed by atoms with Crippen LogP contribution in [0.5, 0.6) is 11.5 Å². The number of carbonyl (C=O) groups excluding carboxylic acids is 1. The third kappa shape index (κ3) is 4.31. The number of methoxy groups -OCH3 is 2. The number of amides is 1. The number of sulfonamides is 1. The summed E-state index contributed by atoms with van der Waals surface area (Å²) < 4.78 is 37.9. The molecule has 1 atom stereocenters. The van der Waals surface area contributed by atoms with E-state index in [0.717, 1.165) is 10.4 Å². The Balaban J connectivity index is 1.72. The number of benzene rings is 1. The quantitative estimate of drug-likeness (QED) is 0.738. The monoisotopic (exact) mass is 424 g/mol. The zero-order chi connectivity index (χ0) is 20.3. The van der Waals surface area contributed by atoms with Gasteiger partial charge in [-0.3, -0.25) is 4.79 Å². The summed E-state index contributed by atoms with van der Waals surface area (Å²) in [6.07, 6.45) is 1.17. The van der Waals surface area contributed by atoms with Gasteiger partial charge in [0.1, 0.15) is 21.8 Å². The summed E-state index contributed by atoms with van der Waals surface area (Å²) in [7, 11) is -0.545. The lowest BCUT2D eigenvalue weighted by atomic mass is 10.1. The minimum atomic E-state index is -3.67. The highest BCUT2D eigenvalue weighted by Gasteiger charge is 2.39. The molecule has 1 N–H and O–H groups in total. The number of nitrogens with zero attached hydrogens (tertiary/aromatic N) is 1. The Morgan fingerprint density at radius 1 is 1.21 bits per heavy atom. The predicted octanol–water partition coefficient (Wildman–Crippen LogP) is 2.54. The molecule has 152 valence electrons. The third-order valence-electron chi connectivity index (χ3n) is 4.66. The second-order valence-electron chi connectivity index (χ2n) is 6.58. The second-order valence-corrected chi connectivity index (χ2v) is 9.98. The lowest BCUT2D eigenvalue weighted by Crippen LogP contribution is -2.45. The molecule has 9 heteroatoms. The molecule has 0 radical (unpaired) electrons. The van der Waals surface area contributed by atoms with Gasteiger partial charge >= 0.3 is 0 Å². The molecule has 1 amide bonds. The van der Waals surface area contributed by atoms with E-state index >= 15 is 0 Å². The van der Waals surface area contributed by atoms with Gasteiger partial charge < -0.3 is 14.8 Å². The molecule has 1 saturated heterocycles. The van der Waals surface area contributed by atoms with Crippen LogP contribution in [0.25, 0.3) is 0 Å². The fourth-order valence-corrected chi connectivity index (χ4v) is 6.30. The third-order valence-corrected chi connectivity index (χ3v) is 8.04. The minimum absolute atomic E-state index is 0.259. The summed E-state index contributed by atoms with van der Waals surface area (Å²) in [5.74, 6) is 0.958. The van der Waals surface area contributed by atoms with E-state index in [4.69, 9.17) is 9.47 Å². The molecule has 28 heavy (non-hydrogen) atoms. The van der Waals surface area contributed by atoms with Gasteiger partial charge in [-0.2, -0.15) is 4.31 Å². The molecule has 0 bridgehead atoms. The van der Waals surface area contributed by atoms with Crippen molar-refractivity contribution < 1.29 is 22.7 Å². The van der Waals surface area contributed by atoms with E-state index < -0.39 is 16.1 Å². The largest absolute Gasteiger partial charge is 0.497 e. The van der Waals surface area contributed by atoms with Gasteiger partial charge in [-0.1, -0.05) is 0 Å². The van der Waals surface area contributed by atoms with E-state index in [2.05, 4.69) is 5.32 Å². The fourth-order valence-electron chi connectivity index (χ4n) is 3.23. The first-order valence-electron chi connectivity index (χ1n) is 8.93. The van der Waals surface area contributed by atoms with Gasteiger partial charge in [0.25, 0.3) is 10.0 Å². The van der Waals surface area contributed by atoms with Gasteiger partial charge in [0.15, 0.2) is 0 Å². The van der Waals surface area contributed by atoms with Crippen LogP contribution in [0.1, 0.15) is 23.3 Å². The van der Waals surface area contributed by atoms with E-state index in [-0.39, 0.29) is 16.7 Å². The highest BCUT2D eigenvalue weighted by molar-refractivity contribution is 7.91. The van der Waals surface area contributed by atoms with Gasteiger partial charge in [-0.25, -0.2) is 8.42 Å². The van der Waals surface area contributed by atoms with Crippen LogP contribution in [0.3, 0.4) is 0 Å². The maximum Gasteiger partial charge on any atom is 0.253 e. The SMILES string of the molecule is COc1cc(CNC(=O)[C@H]2CCCN2S(=O)(=O)c2ccc(C)s2)cc(OC)c1. The first-order valence-corrected chi connectivity index (χ1v) is 11.2. The smallest absolute Gasteiger partial charge is 0.253 e. The molecule has 1 aliphatic rings. The maximum absolute atomic E-state index is 12.9. The molecule has 1 fully saturated rings. The fraction of sp³-hybridized carbons (Fsp3) is 0.421. The highest BCUT2D eigenvalue weighted by Crippen LogP contribution is 2.30. The van der Waals surface area contributed by atoms with E-state index in [1.54, 1.807) is 44.6 Å². The Labute approximate surface area is 169 Å². The molecule has 3 rings (SSSR count). The van der Waals surface area contributed by atoms with Crippen LogP contribution < -0.4 is 14.8 Å². The van der Waals surface area contributed by atoms with Crippen LogP contribution in [0.15, 0.2) is 34.5 Å². The van der Waals surface area contributed by atoms with E-state index in [1.165, 1.54) is 15.6 Å². The van der Waals surface area contributed by atoms with Gasteiger partial charge in [-0.15, -0.1) is 11.3 Å². The normalized spacial score (nSPS) is 17.5. The molecule has 0 unspecified atom stereocenters. The van der Waals surface area contributed by atoms with Gasteiger partial charge in [0, 0.05) is 24.0 Å². The molecule has 0 saturated carbocycles. The van der Waals surface area contributed by atoms with Crippen molar-refractivity contribution in [2.45, 2.75) is 36.6 Å². The first kappa shape index (κ1) is 20.6. The summed E-state index contributed by atoms with van der Waals surface area (Å²) >= 11 is 1.22. The topological polar surface area (TPSA) is 84.9 Å². The van der Waals surface area contributed by atoms with Crippen LogP contribution in [0.2, 0.25) is 0 Å².